The average Bonchev–Trinajstić information content (AvgIpc) is 3.25. The molecule has 0 aliphatic carbocycles. The molecule has 1 aromatic heterocycles. The zero-order valence-electron chi connectivity index (χ0n) is 16.8. The average molecular weight is 429 g/mol. The third kappa shape index (κ3) is 5.32. The molecule has 1 amide bonds. The monoisotopic (exact) mass is 429 g/mol. The molecule has 8 heteroatoms. The van der Waals surface area contributed by atoms with Gasteiger partial charge in [0.25, 0.3) is 5.91 Å². The molecule has 162 valence electrons. The summed E-state index contributed by atoms with van der Waals surface area (Å²) < 4.78 is 45.1. The van der Waals surface area contributed by atoms with Crippen LogP contribution in [0.3, 0.4) is 0 Å². The summed E-state index contributed by atoms with van der Waals surface area (Å²) in [5, 5.41) is 6.76. The zero-order valence-corrected chi connectivity index (χ0v) is 16.8. The second-order valence-electron chi connectivity index (χ2n) is 7.75. The minimum atomic E-state index is -0.855. The lowest BCUT2D eigenvalue weighted by Gasteiger charge is -2.31. The molecule has 3 aromatic rings. The van der Waals surface area contributed by atoms with E-state index in [0.717, 1.165) is 25.5 Å². The first kappa shape index (κ1) is 21.1. The normalized spacial score (nSPS) is 16.9. The van der Waals surface area contributed by atoms with Gasteiger partial charge in [-0.3, -0.25) is 9.69 Å². The van der Waals surface area contributed by atoms with E-state index >= 15 is 0 Å². The Labute approximate surface area is 177 Å². The first-order chi connectivity index (χ1) is 15.0. The van der Waals surface area contributed by atoms with Crippen molar-refractivity contribution in [2.75, 3.05) is 13.1 Å². The molecule has 1 N–H and O–H groups in total. The standard InChI is InChI=1S/C23H22F3N3O2/c24-18-5-1-3-15(9-18)12-27-23(30)22-11-21(28-31-22)17-4-2-8-29(14-17)13-16-6-7-19(25)20(26)10-16/h1,3,5-7,9-11,17H,2,4,8,12-14H2,(H,27,30)/t17-/m1/s1. The molecule has 0 radical (unpaired) electrons. The topological polar surface area (TPSA) is 58.4 Å². The van der Waals surface area contributed by atoms with Gasteiger partial charge in [0.2, 0.25) is 5.76 Å². The van der Waals surface area contributed by atoms with E-state index in [1.165, 1.54) is 18.2 Å². The van der Waals surface area contributed by atoms with Crippen LogP contribution in [-0.2, 0) is 13.1 Å². The number of piperidine rings is 1. The van der Waals surface area contributed by atoms with Crippen molar-refractivity contribution in [2.24, 2.45) is 0 Å². The van der Waals surface area contributed by atoms with Crippen LogP contribution in [0.2, 0.25) is 0 Å². The summed E-state index contributed by atoms with van der Waals surface area (Å²) in [4.78, 5) is 14.5. The second-order valence-corrected chi connectivity index (χ2v) is 7.75. The summed E-state index contributed by atoms with van der Waals surface area (Å²) in [6.07, 6.45) is 1.81. The molecule has 1 aliphatic heterocycles. The van der Waals surface area contributed by atoms with Gasteiger partial charge in [0.05, 0.1) is 5.69 Å². The van der Waals surface area contributed by atoms with Crippen LogP contribution in [0, 0.1) is 17.5 Å². The fraction of sp³-hybridized carbons (Fsp3) is 0.304. The molecule has 31 heavy (non-hydrogen) atoms. The van der Waals surface area contributed by atoms with Crippen molar-refractivity contribution in [3.05, 3.63) is 88.6 Å². The Balaban J connectivity index is 1.35. The van der Waals surface area contributed by atoms with Crippen molar-refractivity contribution >= 4 is 5.91 Å². The maximum Gasteiger partial charge on any atom is 0.290 e. The Hall–Kier alpha value is -3.13. The van der Waals surface area contributed by atoms with Gasteiger partial charge in [-0.1, -0.05) is 23.4 Å². The predicted molar refractivity (Wildman–Crippen MR) is 108 cm³/mol. The van der Waals surface area contributed by atoms with Gasteiger partial charge in [0, 0.05) is 31.6 Å². The number of rotatable bonds is 6. The van der Waals surface area contributed by atoms with Crippen LogP contribution < -0.4 is 5.32 Å². The van der Waals surface area contributed by atoms with Crippen LogP contribution in [0.1, 0.15) is 46.1 Å². The quantitative estimate of drug-likeness (QED) is 0.631. The third-order valence-electron chi connectivity index (χ3n) is 5.41. The van der Waals surface area contributed by atoms with Crippen LogP contribution in [0.4, 0.5) is 13.2 Å². The fourth-order valence-corrected chi connectivity index (χ4v) is 3.84. The van der Waals surface area contributed by atoms with E-state index in [0.29, 0.717) is 29.9 Å². The lowest BCUT2D eigenvalue weighted by molar-refractivity contribution is 0.0913. The molecule has 1 atom stereocenters. The van der Waals surface area contributed by atoms with Crippen molar-refractivity contribution in [1.82, 2.24) is 15.4 Å². The van der Waals surface area contributed by atoms with Crippen molar-refractivity contribution in [2.45, 2.75) is 31.8 Å². The molecule has 0 bridgehead atoms. The number of amides is 1. The van der Waals surface area contributed by atoms with E-state index in [1.54, 1.807) is 24.3 Å². The van der Waals surface area contributed by atoms with Crippen LogP contribution in [0.25, 0.3) is 0 Å². The Kier molecular flexibility index (Phi) is 6.36. The molecule has 0 saturated carbocycles. The molecule has 0 spiro atoms. The minimum Gasteiger partial charge on any atom is -0.351 e. The summed E-state index contributed by atoms with van der Waals surface area (Å²) in [6, 6.07) is 11.6. The Morgan fingerprint density at radius 2 is 1.97 bits per heavy atom. The van der Waals surface area contributed by atoms with Gasteiger partial charge in [-0.15, -0.1) is 0 Å². The van der Waals surface area contributed by atoms with Crippen molar-refractivity contribution in [3.8, 4) is 0 Å². The number of benzene rings is 2. The maximum atomic E-state index is 13.5. The van der Waals surface area contributed by atoms with Gasteiger partial charge in [0.1, 0.15) is 5.82 Å². The molecule has 1 saturated heterocycles. The molecule has 4 rings (SSSR count). The summed E-state index contributed by atoms with van der Waals surface area (Å²) in [7, 11) is 0. The van der Waals surface area contributed by atoms with E-state index in [9.17, 15) is 18.0 Å². The first-order valence-corrected chi connectivity index (χ1v) is 10.1. The highest BCUT2D eigenvalue weighted by Gasteiger charge is 2.25. The van der Waals surface area contributed by atoms with E-state index in [-0.39, 0.29) is 24.0 Å². The van der Waals surface area contributed by atoms with Crippen molar-refractivity contribution in [3.63, 3.8) is 0 Å². The Bertz CT molecular complexity index is 1070. The van der Waals surface area contributed by atoms with Gasteiger partial charge < -0.3 is 9.84 Å². The molecular formula is C23H22F3N3O2. The molecule has 1 aliphatic rings. The Morgan fingerprint density at radius 3 is 2.77 bits per heavy atom. The smallest absolute Gasteiger partial charge is 0.290 e. The van der Waals surface area contributed by atoms with Gasteiger partial charge in [-0.2, -0.15) is 0 Å². The third-order valence-corrected chi connectivity index (χ3v) is 5.41. The fourth-order valence-electron chi connectivity index (χ4n) is 3.84. The highest BCUT2D eigenvalue weighted by molar-refractivity contribution is 5.91. The number of carbonyl (C=O) groups is 1. The highest BCUT2D eigenvalue weighted by atomic mass is 19.2. The van der Waals surface area contributed by atoms with E-state index in [1.807, 2.05) is 0 Å². The van der Waals surface area contributed by atoms with E-state index in [4.69, 9.17) is 4.52 Å². The van der Waals surface area contributed by atoms with E-state index in [2.05, 4.69) is 15.4 Å². The Morgan fingerprint density at radius 1 is 1.10 bits per heavy atom. The SMILES string of the molecule is O=C(NCc1cccc(F)c1)c1cc([C@@H]2CCCN(Cc3ccc(F)c(F)c3)C2)no1. The summed E-state index contributed by atoms with van der Waals surface area (Å²) in [6.45, 7) is 2.20. The van der Waals surface area contributed by atoms with Crippen LogP contribution >= 0.6 is 0 Å². The summed E-state index contributed by atoms with van der Waals surface area (Å²) >= 11 is 0. The molecule has 1 fully saturated rings. The van der Waals surface area contributed by atoms with Crippen LogP contribution in [0.15, 0.2) is 53.1 Å². The molecule has 5 nitrogen and oxygen atoms in total. The predicted octanol–water partition coefficient (Wildman–Crippen LogP) is 4.40. The van der Waals surface area contributed by atoms with E-state index < -0.39 is 17.5 Å². The number of hydrogen-bond acceptors (Lipinski definition) is 4. The molecular weight excluding hydrogens is 407 g/mol. The van der Waals surface area contributed by atoms with Gasteiger partial charge in [-0.25, -0.2) is 13.2 Å². The van der Waals surface area contributed by atoms with Crippen LogP contribution in [-0.4, -0.2) is 29.1 Å². The summed E-state index contributed by atoms with van der Waals surface area (Å²) in [5.74, 6) is -2.31. The minimum absolute atomic E-state index is 0.0764. The number of carbonyl (C=O) groups excluding carboxylic acids is 1. The highest BCUT2D eigenvalue weighted by Crippen LogP contribution is 2.27. The van der Waals surface area contributed by atoms with Gasteiger partial charge >= 0.3 is 0 Å². The number of hydrogen-bond donors (Lipinski definition) is 1. The van der Waals surface area contributed by atoms with Gasteiger partial charge in [-0.05, 0) is 54.8 Å². The van der Waals surface area contributed by atoms with Crippen molar-refractivity contribution in [1.29, 1.82) is 0 Å². The largest absolute Gasteiger partial charge is 0.351 e. The zero-order chi connectivity index (χ0) is 21.8. The lowest BCUT2D eigenvalue weighted by atomic mass is 9.94. The maximum absolute atomic E-state index is 13.5. The number of likely N-dealkylation sites (tertiary alicyclic amines) is 1. The molecule has 2 aromatic carbocycles. The second kappa shape index (κ2) is 9.34. The first-order valence-electron chi connectivity index (χ1n) is 10.1. The molecule has 2 heterocycles. The number of nitrogens with zero attached hydrogens (tertiary/aromatic N) is 2. The van der Waals surface area contributed by atoms with Gasteiger partial charge in [0.15, 0.2) is 11.6 Å². The van der Waals surface area contributed by atoms with Crippen LogP contribution in [0.5, 0.6) is 0 Å². The number of nitrogens with one attached hydrogen (secondary N) is 1. The summed E-state index contributed by atoms with van der Waals surface area (Å²) in [5.41, 5.74) is 2.04. The van der Waals surface area contributed by atoms with Crippen molar-refractivity contribution < 1.29 is 22.5 Å². The molecule has 0 unspecified atom stereocenters. The number of aromatic nitrogens is 1. The lowest BCUT2D eigenvalue weighted by Crippen LogP contribution is -2.34. The number of halogens is 3.